The highest BCUT2D eigenvalue weighted by molar-refractivity contribution is 7.99. The SMILES string of the molecule is CCS[C@@H](C)c1noc(C[S@](=O)c2ccoc2C)n1. The first-order valence-corrected chi connectivity index (χ1v) is 8.35. The molecular weight excluding hydrogens is 284 g/mol. The van der Waals surface area contributed by atoms with Crippen molar-refractivity contribution in [2.24, 2.45) is 0 Å². The van der Waals surface area contributed by atoms with Gasteiger partial charge in [-0.15, -0.1) is 0 Å². The lowest BCUT2D eigenvalue weighted by Gasteiger charge is -2.01. The standard InChI is InChI=1S/C12H16N2O3S2/c1-4-18-9(3)12-13-11(17-14-12)7-19(15)10-5-6-16-8(10)2/h5-6,9H,4,7H2,1-3H3/t9-,19-/m0/s1. The largest absolute Gasteiger partial charge is 0.468 e. The second-order valence-corrected chi connectivity index (χ2v) is 7.01. The Morgan fingerprint density at radius 3 is 2.95 bits per heavy atom. The lowest BCUT2D eigenvalue weighted by molar-refractivity contribution is 0.384. The smallest absolute Gasteiger partial charge is 0.239 e. The van der Waals surface area contributed by atoms with E-state index in [2.05, 4.69) is 17.1 Å². The van der Waals surface area contributed by atoms with Crippen molar-refractivity contribution >= 4 is 22.6 Å². The van der Waals surface area contributed by atoms with Gasteiger partial charge in [0.15, 0.2) is 5.82 Å². The number of rotatable bonds is 6. The molecule has 19 heavy (non-hydrogen) atoms. The van der Waals surface area contributed by atoms with Gasteiger partial charge in [0.25, 0.3) is 0 Å². The molecule has 0 aliphatic heterocycles. The Morgan fingerprint density at radius 1 is 1.53 bits per heavy atom. The predicted octanol–water partition coefficient (Wildman–Crippen LogP) is 3.09. The maximum atomic E-state index is 12.1. The number of aromatic nitrogens is 2. The molecule has 7 heteroatoms. The molecule has 0 saturated heterocycles. The van der Waals surface area contributed by atoms with E-state index < -0.39 is 10.8 Å². The zero-order chi connectivity index (χ0) is 13.8. The van der Waals surface area contributed by atoms with Crippen molar-refractivity contribution in [3.63, 3.8) is 0 Å². The normalized spacial score (nSPS) is 14.5. The quantitative estimate of drug-likeness (QED) is 0.816. The lowest BCUT2D eigenvalue weighted by Crippen LogP contribution is -1.98. The predicted molar refractivity (Wildman–Crippen MR) is 74.4 cm³/mol. The highest BCUT2D eigenvalue weighted by Gasteiger charge is 2.17. The summed E-state index contributed by atoms with van der Waals surface area (Å²) in [5, 5.41) is 4.11. The second kappa shape index (κ2) is 6.38. The van der Waals surface area contributed by atoms with Gasteiger partial charge in [-0.2, -0.15) is 16.7 Å². The summed E-state index contributed by atoms with van der Waals surface area (Å²) in [6, 6.07) is 1.71. The topological polar surface area (TPSA) is 69.1 Å². The molecule has 0 amide bonds. The molecule has 2 aromatic rings. The summed E-state index contributed by atoms with van der Waals surface area (Å²) in [5.74, 6) is 2.93. The fourth-order valence-electron chi connectivity index (χ4n) is 1.62. The number of aryl methyl sites for hydroxylation is 1. The number of hydrogen-bond donors (Lipinski definition) is 0. The first kappa shape index (κ1) is 14.3. The molecular formula is C12H16N2O3S2. The number of thioether (sulfide) groups is 1. The van der Waals surface area contributed by atoms with E-state index in [4.69, 9.17) is 8.94 Å². The van der Waals surface area contributed by atoms with Crippen LogP contribution in [0.4, 0.5) is 0 Å². The van der Waals surface area contributed by atoms with Gasteiger partial charge in [-0.05, 0) is 25.7 Å². The van der Waals surface area contributed by atoms with Crippen LogP contribution in [-0.4, -0.2) is 20.1 Å². The summed E-state index contributed by atoms with van der Waals surface area (Å²) in [6.07, 6.45) is 1.53. The zero-order valence-electron chi connectivity index (χ0n) is 11.1. The Hall–Kier alpha value is -1.08. The Balaban J connectivity index is 2.04. The van der Waals surface area contributed by atoms with E-state index in [1.54, 1.807) is 24.8 Å². The molecule has 2 heterocycles. The molecule has 0 aliphatic rings. The average molecular weight is 300 g/mol. The average Bonchev–Trinajstić information content (AvgIpc) is 2.98. The van der Waals surface area contributed by atoms with Crippen LogP contribution in [0.15, 0.2) is 26.2 Å². The van der Waals surface area contributed by atoms with Gasteiger partial charge in [0.2, 0.25) is 5.89 Å². The molecule has 5 nitrogen and oxygen atoms in total. The fraction of sp³-hybridized carbons (Fsp3) is 0.500. The monoisotopic (exact) mass is 300 g/mol. The highest BCUT2D eigenvalue weighted by Crippen LogP contribution is 2.25. The molecule has 0 spiro atoms. The molecule has 0 fully saturated rings. The van der Waals surface area contributed by atoms with Gasteiger partial charge in [-0.3, -0.25) is 4.21 Å². The van der Waals surface area contributed by atoms with Crippen LogP contribution in [0.5, 0.6) is 0 Å². The van der Waals surface area contributed by atoms with Crippen molar-refractivity contribution in [3.05, 3.63) is 29.8 Å². The van der Waals surface area contributed by atoms with Gasteiger partial charge in [0.05, 0.1) is 27.2 Å². The van der Waals surface area contributed by atoms with E-state index in [0.29, 0.717) is 22.4 Å². The van der Waals surface area contributed by atoms with Crippen molar-refractivity contribution in [1.82, 2.24) is 10.1 Å². The van der Waals surface area contributed by atoms with E-state index in [9.17, 15) is 4.21 Å². The highest BCUT2D eigenvalue weighted by atomic mass is 32.2. The van der Waals surface area contributed by atoms with E-state index in [1.165, 1.54) is 6.26 Å². The van der Waals surface area contributed by atoms with Crippen LogP contribution >= 0.6 is 11.8 Å². The summed E-state index contributed by atoms with van der Waals surface area (Å²) < 4.78 is 22.4. The van der Waals surface area contributed by atoms with Gasteiger partial charge in [0.1, 0.15) is 11.5 Å². The Bertz CT molecular complexity index is 565. The van der Waals surface area contributed by atoms with Crippen molar-refractivity contribution < 1.29 is 13.1 Å². The zero-order valence-corrected chi connectivity index (χ0v) is 12.7. The summed E-state index contributed by atoms with van der Waals surface area (Å²) in [7, 11) is -1.22. The first-order valence-electron chi connectivity index (χ1n) is 5.98. The molecule has 0 saturated carbocycles. The summed E-state index contributed by atoms with van der Waals surface area (Å²) in [6.45, 7) is 5.89. The van der Waals surface area contributed by atoms with Crippen LogP contribution < -0.4 is 0 Å². The van der Waals surface area contributed by atoms with Crippen molar-refractivity contribution in [1.29, 1.82) is 0 Å². The van der Waals surface area contributed by atoms with Crippen molar-refractivity contribution in [3.8, 4) is 0 Å². The maximum absolute atomic E-state index is 12.1. The minimum atomic E-state index is -1.22. The van der Waals surface area contributed by atoms with E-state index in [1.807, 2.05) is 6.92 Å². The minimum absolute atomic E-state index is 0.187. The molecule has 2 atom stereocenters. The third-order valence-electron chi connectivity index (χ3n) is 2.58. The van der Waals surface area contributed by atoms with Crippen LogP contribution in [-0.2, 0) is 16.6 Å². The molecule has 104 valence electrons. The molecule has 2 rings (SSSR count). The molecule has 2 aromatic heterocycles. The molecule has 0 unspecified atom stereocenters. The van der Waals surface area contributed by atoms with Gasteiger partial charge in [-0.1, -0.05) is 12.1 Å². The Labute approximate surface area is 118 Å². The molecule has 0 aliphatic carbocycles. The number of nitrogens with zero attached hydrogens (tertiary/aromatic N) is 2. The van der Waals surface area contributed by atoms with E-state index in [-0.39, 0.29) is 11.0 Å². The van der Waals surface area contributed by atoms with Crippen LogP contribution in [0, 0.1) is 6.92 Å². The van der Waals surface area contributed by atoms with Gasteiger partial charge in [0, 0.05) is 0 Å². The van der Waals surface area contributed by atoms with Crippen LogP contribution in [0.3, 0.4) is 0 Å². The van der Waals surface area contributed by atoms with Gasteiger partial charge in [-0.25, -0.2) is 0 Å². The second-order valence-electron chi connectivity index (χ2n) is 3.97. The van der Waals surface area contributed by atoms with Gasteiger partial charge >= 0.3 is 0 Å². The molecule has 0 radical (unpaired) electrons. The van der Waals surface area contributed by atoms with Gasteiger partial charge < -0.3 is 8.94 Å². The molecule has 0 aromatic carbocycles. The van der Waals surface area contributed by atoms with Crippen LogP contribution in [0.2, 0.25) is 0 Å². The van der Waals surface area contributed by atoms with Crippen molar-refractivity contribution in [2.75, 3.05) is 5.75 Å². The summed E-state index contributed by atoms with van der Waals surface area (Å²) in [5.41, 5.74) is 0. The fourth-order valence-corrected chi connectivity index (χ4v) is 3.43. The Kier molecular flexibility index (Phi) is 4.81. The summed E-state index contributed by atoms with van der Waals surface area (Å²) >= 11 is 1.74. The van der Waals surface area contributed by atoms with Crippen LogP contribution in [0.25, 0.3) is 0 Å². The maximum Gasteiger partial charge on any atom is 0.239 e. The Morgan fingerprint density at radius 2 is 2.32 bits per heavy atom. The summed E-state index contributed by atoms with van der Waals surface area (Å²) in [4.78, 5) is 4.96. The molecule has 0 N–H and O–H groups in total. The van der Waals surface area contributed by atoms with E-state index >= 15 is 0 Å². The van der Waals surface area contributed by atoms with Crippen LogP contribution in [0.1, 0.15) is 36.6 Å². The van der Waals surface area contributed by atoms with Crippen molar-refractivity contribution in [2.45, 2.75) is 36.7 Å². The minimum Gasteiger partial charge on any atom is -0.468 e. The lowest BCUT2D eigenvalue weighted by atomic mass is 10.4. The third-order valence-corrected chi connectivity index (χ3v) is 5.04. The number of furan rings is 1. The first-order chi connectivity index (χ1) is 9.11. The molecule has 0 bridgehead atoms. The number of hydrogen-bond acceptors (Lipinski definition) is 6. The van der Waals surface area contributed by atoms with E-state index in [0.717, 1.165) is 5.75 Å². The third kappa shape index (κ3) is 3.48.